The third-order valence-corrected chi connectivity index (χ3v) is 7.41. The molecule has 140 valence electrons. The highest BCUT2D eigenvalue weighted by Gasteiger charge is 2.27. The third kappa shape index (κ3) is 4.14. The Balaban J connectivity index is 1.55. The Morgan fingerprint density at radius 2 is 1.70 bits per heavy atom. The normalized spacial score (nSPS) is 16.0. The van der Waals surface area contributed by atoms with Crippen LogP contribution in [-0.4, -0.2) is 26.4 Å². The van der Waals surface area contributed by atoms with Gasteiger partial charge in [-0.05, 0) is 41.1 Å². The molecule has 0 fully saturated rings. The first-order valence-corrected chi connectivity index (χ1v) is 11.4. The van der Waals surface area contributed by atoms with E-state index in [2.05, 4.69) is 40.0 Å². The number of nitrogens with one attached hydrogen (secondary N) is 1. The smallest absolute Gasteiger partial charge is 0.240 e. The second-order valence-corrected chi connectivity index (χ2v) is 9.43. The zero-order valence-corrected chi connectivity index (χ0v) is 16.5. The van der Waals surface area contributed by atoms with Crippen LogP contribution < -0.4 is 4.72 Å². The van der Waals surface area contributed by atoms with E-state index in [4.69, 9.17) is 0 Å². The second kappa shape index (κ2) is 7.94. The van der Waals surface area contributed by atoms with Crippen molar-refractivity contribution in [2.75, 3.05) is 13.1 Å². The largest absolute Gasteiger partial charge is 0.290 e. The molecule has 2 aromatic carbocycles. The van der Waals surface area contributed by atoms with Gasteiger partial charge in [0.2, 0.25) is 10.0 Å². The standard InChI is InChI=1S/C21H22N2O2S2/c24-27(25,19-9-2-1-3-10-19)22-15-20(21-11-6-14-26-21)23-13-12-17-7-4-5-8-18(17)16-23/h1-11,14,20,22H,12-13,15-16H2/t20-/m0/s1. The minimum absolute atomic E-state index is 0.0249. The van der Waals surface area contributed by atoms with Gasteiger partial charge in [0.15, 0.2) is 0 Å². The molecular formula is C21H22N2O2S2. The SMILES string of the molecule is O=S(=O)(NC[C@@H](c1cccs1)N1CCc2ccccc2C1)c1ccccc1. The summed E-state index contributed by atoms with van der Waals surface area (Å²) in [5, 5.41) is 2.05. The van der Waals surface area contributed by atoms with Crippen LogP contribution in [0.3, 0.4) is 0 Å². The molecule has 0 saturated heterocycles. The van der Waals surface area contributed by atoms with E-state index in [-0.39, 0.29) is 6.04 Å². The van der Waals surface area contributed by atoms with Crippen molar-refractivity contribution in [3.63, 3.8) is 0 Å². The molecule has 3 aromatic rings. The number of fused-ring (bicyclic) bond motifs is 1. The third-order valence-electron chi connectivity index (χ3n) is 4.99. The van der Waals surface area contributed by atoms with Gasteiger partial charge < -0.3 is 0 Å². The van der Waals surface area contributed by atoms with Crippen molar-refractivity contribution >= 4 is 21.4 Å². The molecule has 0 aliphatic carbocycles. The van der Waals surface area contributed by atoms with E-state index in [0.717, 1.165) is 19.5 Å². The van der Waals surface area contributed by atoms with E-state index in [9.17, 15) is 8.42 Å². The summed E-state index contributed by atoms with van der Waals surface area (Å²) in [4.78, 5) is 3.87. The van der Waals surface area contributed by atoms with E-state index < -0.39 is 10.0 Å². The van der Waals surface area contributed by atoms with Gasteiger partial charge in [-0.25, -0.2) is 13.1 Å². The monoisotopic (exact) mass is 398 g/mol. The molecule has 0 bridgehead atoms. The fourth-order valence-electron chi connectivity index (χ4n) is 3.55. The number of nitrogens with zero attached hydrogens (tertiary/aromatic N) is 1. The average Bonchev–Trinajstić information content (AvgIpc) is 3.23. The van der Waals surface area contributed by atoms with Crippen LogP contribution in [0.2, 0.25) is 0 Å². The maximum Gasteiger partial charge on any atom is 0.240 e. The lowest BCUT2D eigenvalue weighted by molar-refractivity contribution is 0.183. The van der Waals surface area contributed by atoms with Gasteiger partial charge in [-0.1, -0.05) is 48.5 Å². The highest BCUT2D eigenvalue weighted by Crippen LogP contribution is 2.30. The van der Waals surface area contributed by atoms with E-state index in [1.165, 1.54) is 16.0 Å². The van der Waals surface area contributed by atoms with Crippen LogP contribution in [0.4, 0.5) is 0 Å². The summed E-state index contributed by atoms with van der Waals surface area (Å²) in [6, 6.07) is 21.2. The number of sulfonamides is 1. The summed E-state index contributed by atoms with van der Waals surface area (Å²) < 4.78 is 28.1. The van der Waals surface area contributed by atoms with E-state index in [1.54, 1.807) is 35.6 Å². The lowest BCUT2D eigenvalue weighted by Gasteiger charge is -2.35. The minimum Gasteiger partial charge on any atom is -0.290 e. The predicted molar refractivity (Wildman–Crippen MR) is 109 cm³/mol. The summed E-state index contributed by atoms with van der Waals surface area (Å²) in [5.41, 5.74) is 2.72. The Morgan fingerprint density at radius 1 is 0.963 bits per heavy atom. The lowest BCUT2D eigenvalue weighted by Crippen LogP contribution is -2.40. The van der Waals surface area contributed by atoms with Crippen LogP contribution in [0, 0.1) is 0 Å². The molecule has 0 spiro atoms. The summed E-state index contributed by atoms with van der Waals surface area (Å²) in [6.45, 7) is 2.12. The minimum atomic E-state index is -3.52. The lowest BCUT2D eigenvalue weighted by atomic mass is 9.98. The molecule has 1 aliphatic heterocycles. The first-order chi connectivity index (χ1) is 13.1. The number of benzene rings is 2. The quantitative estimate of drug-likeness (QED) is 0.687. The summed E-state index contributed by atoms with van der Waals surface area (Å²) >= 11 is 1.68. The van der Waals surface area contributed by atoms with Crippen molar-refractivity contribution in [2.45, 2.75) is 23.9 Å². The van der Waals surface area contributed by atoms with E-state index in [0.29, 0.717) is 11.4 Å². The van der Waals surface area contributed by atoms with Gasteiger partial charge >= 0.3 is 0 Å². The fourth-order valence-corrected chi connectivity index (χ4v) is 5.47. The zero-order valence-electron chi connectivity index (χ0n) is 14.9. The van der Waals surface area contributed by atoms with Crippen LogP contribution in [0.1, 0.15) is 22.0 Å². The molecule has 1 atom stereocenters. The van der Waals surface area contributed by atoms with Crippen LogP contribution in [-0.2, 0) is 23.0 Å². The Hall–Kier alpha value is -1.99. The molecule has 4 nitrogen and oxygen atoms in total. The average molecular weight is 399 g/mol. The van der Waals surface area contributed by atoms with E-state index >= 15 is 0 Å². The van der Waals surface area contributed by atoms with Crippen LogP contribution in [0.5, 0.6) is 0 Å². The van der Waals surface area contributed by atoms with Crippen LogP contribution in [0.25, 0.3) is 0 Å². The van der Waals surface area contributed by atoms with Crippen molar-refractivity contribution < 1.29 is 8.42 Å². The summed E-state index contributed by atoms with van der Waals surface area (Å²) in [5.74, 6) is 0. The van der Waals surface area contributed by atoms with Gasteiger partial charge in [-0.15, -0.1) is 11.3 Å². The Bertz CT molecular complexity index is 986. The fraction of sp³-hybridized carbons (Fsp3) is 0.238. The van der Waals surface area contributed by atoms with Crippen molar-refractivity contribution in [1.82, 2.24) is 9.62 Å². The summed E-state index contributed by atoms with van der Waals surface area (Å²) in [6.07, 6.45) is 0.990. The van der Waals surface area contributed by atoms with E-state index in [1.807, 2.05) is 17.5 Å². The van der Waals surface area contributed by atoms with Gasteiger partial charge in [-0.2, -0.15) is 0 Å². The van der Waals surface area contributed by atoms with Crippen LogP contribution >= 0.6 is 11.3 Å². The molecule has 6 heteroatoms. The number of hydrogen-bond acceptors (Lipinski definition) is 4. The van der Waals surface area contributed by atoms with Gasteiger partial charge in [0, 0.05) is 24.5 Å². The van der Waals surface area contributed by atoms with Gasteiger partial charge in [0.1, 0.15) is 0 Å². The molecule has 0 amide bonds. The molecule has 1 aliphatic rings. The highest BCUT2D eigenvalue weighted by molar-refractivity contribution is 7.89. The molecule has 27 heavy (non-hydrogen) atoms. The summed E-state index contributed by atoms with van der Waals surface area (Å²) in [7, 11) is -3.52. The van der Waals surface area contributed by atoms with Gasteiger partial charge in [-0.3, -0.25) is 4.90 Å². The predicted octanol–water partition coefficient (Wildman–Crippen LogP) is 3.83. The topological polar surface area (TPSA) is 49.4 Å². The number of rotatable bonds is 6. The zero-order chi connectivity index (χ0) is 18.7. The molecule has 4 rings (SSSR count). The molecule has 1 N–H and O–H groups in total. The van der Waals surface area contributed by atoms with Crippen molar-refractivity contribution in [3.8, 4) is 0 Å². The Labute approximate surface area is 164 Å². The van der Waals surface area contributed by atoms with Crippen molar-refractivity contribution in [2.24, 2.45) is 0 Å². The first-order valence-electron chi connectivity index (χ1n) is 9.02. The Kier molecular flexibility index (Phi) is 5.41. The molecule has 0 radical (unpaired) electrons. The Morgan fingerprint density at radius 3 is 2.44 bits per heavy atom. The molecular weight excluding hydrogens is 376 g/mol. The highest BCUT2D eigenvalue weighted by atomic mass is 32.2. The van der Waals surface area contributed by atoms with Crippen molar-refractivity contribution in [3.05, 3.63) is 88.1 Å². The second-order valence-electron chi connectivity index (χ2n) is 6.69. The molecule has 0 saturated carbocycles. The van der Waals surface area contributed by atoms with Crippen molar-refractivity contribution in [1.29, 1.82) is 0 Å². The van der Waals surface area contributed by atoms with Crippen LogP contribution in [0.15, 0.2) is 77.0 Å². The van der Waals surface area contributed by atoms with Gasteiger partial charge in [0.05, 0.1) is 10.9 Å². The maximum atomic E-state index is 12.7. The molecule has 0 unspecified atom stereocenters. The molecule has 1 aromatic heterocycles. The first kappa shape index (κ1) is 18.4. The molecule has 2 heterocycles. The maximum absolute atomic E-state index is 12.7. The number of thiophene rings is 1. The number of hydrogen-bond donors (Lipinski definition) is 1. The van der Waals surface area contributed by atoms with Gasteiger partial charge in [0.25, 0.3) is 0 Å².